The summed E-state index contributed by atoms with van der Waals surface area (Å²) in [6.07, 6.45) is 5.16. The maximum absolute atomic E-state index is 13.2. The van der Waals surface area contributed by atoms with E-state index in [1.807, 2.05) is 53.5 Å². The number of rotatable bonds is 6. The van der Waals surface area contributed by atoms with E-state index in [1.54, 1.807) is 25.1 Å². The summed E-state index contributed by atoms with van der Waals surface area (Å²) in [5.41, 5.74) is 5.82. The van der Waals surface area contributed by atoms with Crippen molar-refractivity contribution >= 4 is 5.91 Å². The number of hydrogen-bond donors (Lipinski definition) is 1. The molecule has 1 amide bonds. The van der Waals surface area contributed by atoms with Crippen LogP contribution in [0.15, 0.2) is 54.7 Å². The molecular weight excluding hydrogens is 380 g/mol. The molecule has 2 aromatic carbocycles. The Bertz CT molecular complexity index is 1010. The number of carbonyl (C=O) groups is 1. The van der Waals surface area contributed by atoms with Crippen LogP contribution in [0.1, 0.15) is 29.6 Å². The van der Waals surface area contributed by atoms with Gasteiger partial charge in [0.2, 0.25) is 0 Å². The van der Waals surface area contributed by atoms with Gasteiger partial charge in [-0.1, -0.05) is 24.6 Å². The largest absolute Gasteiger partial charge is 0.493 e. The normalized spacial score (nSPS) is 14.3. The molecule has 0 saturated carbocycles. The Morgan fingerprint density at radius 1 is 0.967 bits per heavy atom. The molecule has 0 atom stereocenters. The molecule has 3 aromatic rings. The van der Waals surface area contributed by atoms with E-state index in [-0.39, 0.29) is 5.91 Å². The molecule has 0 radical (unpaired) electrons. The topological polar surface area (TPSA) is 68.6 Å². The number of aromatic nitrogens is 2. The SMILES string of the molecule is COc1ccc(-c2nn(-c3ccccc3)cc2C(=O)NN2CCCCC2)cc1OC. The molecule has 4 rings (SSSR count). The number of piperidine rings is 1. The van der Waals surface area contributed by atoms with Gasteiger partial charge in [-0.2, -0.15) is 5.10 Å². The summed E-state index contributed by atoms with van der Waals surface area (Å²) < 4.78 is 12.5. The van der Waals surface area contributed by atoms with Crippen LogP contribution in [0.3, 0.4) is 0 Å². The number of amides is 1. The minimum absolute atomic E-state index is 0.163. The number of nitrogens with zero attached hydrogens (tertiary/aromatic N) is 3. The van der Waals surface area contributed by atoms with Gasteiger partial charge in [-0.05, 0) is 43.2 Å². The summed E-state index contributed by atoms with van der Waals surface area (Å²) in [7, 11) is 3.19. The number of methoxy groups -OCH3 is 2. The number of para-hydroxylation sites is 1. The van der Waals surface area contributed by atoms with Gasteiger partial charge in [-0.15, -0.1) is 0 Å². The highest BCUT2D eigenvalue weighted by atomic mass is 16.5. The summed E-state index contributed by atoms with van der Waals surface area (Å²) >= 11 is 0. The van der Waals surface area contributed by atoms with Crippen molar-refractivity contribution in [1.82, 2.24) is 20.2 Å². The molecule has 0 unspecified atom stereocenters. The predicted octanol–water partition coefficient (Wildman–Crippen LogP) is 3.69. The molecule has 2 heterocycles. The minimum atomic E-state index is -0.163. The van der Waals surface area contributed by atoms with Crippen molar-refractivity contribution in [1.29, 1.82) is 0 Å². The lowest BCUT2D eigenvalue weighted by atomic mass is 10.1. The molecule has 1 N–H and O–H groups in total. The summed E-state index contributed by atoms with van der Waals surface area (Å²) in [5.74, 6) is 1.05. The Balaban J connectivity index is 1.74. The second kappa shape index (κ2) is 9.00. The molecule has 7 heteroatoms. The number of hydrogen-bond acceptors (Lipinski definition) is 5. The average Bonchev–Trinajstić information content (AvgIpc) is 3.25. The third kappa shape index (κ3) is 4.16. The Morgan fingerprint density at radius 2 is 1.70 bits per heavy atom. The van der Waals surface area contributed by atoms with Crippen LogP contribution in [0, 0.1) is 0 Å². The molecular formula is C23H26N4O3. The van der Waals surface area contributed by atoms with Crippen molar-refractivity contribution in [3.63, 3.8) is 0 Å². The Hall–Kier alpha value is -3.32. The maximum Gasteiger partial charge on any atom is 0.269 e. The number of ether oxygens (including phenoxy) is 2. The first kappa shape index (κ1) is 20.0. The average molecular weight is 406 g/mol. The van der Waals surface area contributed by atoms with Crippen molar-refractivity contribution in [2.75, 3.05) is 27.3 Å². The molecule has 0 aliphatic carbocycles. The van der Waals surface area contributed by atoms with Gasteiger partial charge in [0.1, 0.15) is 5.69 Å². The van der Waals surface area contributed by atoms with Crippen LogP contribution in [0.2, 0.25) is 0 Å². The molecule has 0 bridgehead atoms. The van der Waals surface area contributed by atoms with Gasteiger partial charge in [0.05, 0.1) is 25.5 Å². The Labute approximate surface area is 176 Å². The standard InChI is InChI=1S/C23H26N4O3/c1-29-20-12-11-17(15-21(20)30-2)22-19(23(28)25-26-13-7-4-8-14-26)16-27(24-22)18-9-5-3-6-10-18/h3,5-6,9-12,15-16H,4,7-8,13-14H2,1-2H3,(H,25,28). The van der Waals surface area contributed by atoms with E-state index in [0.717, 1.165) is 37.2 Å². The third-order valence-corrected chi connectivity index (χ3v) is 5.25. The Kier molecular flexibility index (Phi) is 5.99. The summed E-state index contributed by atoms with van der Waals surface area (Å²) in [4.78, 5) is 13.2. The zero-order valence-electron chi connectivity index (χ0n) is 17.3. The molecule has 1 saturated heterocycles. The fraction of sp³-hybridized carbons (Fsp3) is 0.304. The molecule has 0 spiro atoms. The van der Waals surface area contributed by atoms with Gasteiger partial charge < -0.3 is 9.47 Å². The summed E-state index contributed by atoms with van der Waals surface area (Å²) in [5, 5.41) is 6.73. The molecule has 1 fully saturated rings. The van der Waals surface area contributed by atoms with E-state index in [0.29, 0.717) is 22.8 Å². The highest BCUT2D eigenvalue weighted by molar-refractivity contribution is 5.99. The molecule has 156 valence electrons. The third-order valence-electron chi connectivity index (χ3n) is 5.25. The lowest BCUT2D eigenvalue weighted by Gasteiger charge is -2.26. The van der Waals surface area contributed by atoms with Crippen molar-refractivity contribution in [2.24, 2.45) is 0 Å². The molecule has 30 heavy (non-hydrogen) atoms. The Morgan fingerprint density at radius 3 is 2.40 bits per heavy atom. The molecule has 1 aliphatic rings. The van der Waals surface area contributed by atoms with Crippen molar-refractivity contribution in [2.45, 2.75) is 19.3 Å². The number of nitrogens with one attached hydrogen (secondary N) is 1. The number of benzene rings is 2. The minimum Gasteiger partial charge on any atom is -0.493 e. The molecule has 1 aliphatic heterocycles. The maximum atomic E-state index is 13.2. The second-order valence-electron chi connectivity index (χ2n) is 7.23. The van der Waals surface area contributed by atoms with Crippen LogP contribution in [0.4, 0.5) is 0 Å². The van der Waals surface area contributed by atoms with Gasteiger partial charge in [0.25, 0.3) is 5.91 Å². The first-order valence-electron chi connectivity index (χ1n) is 10.1. The van der Waals surface area contributed by atoms with Crippen LogP contribution in [-0.4, -0.2) is 48.0 Å². The number of carbonyl (C=O) groups excluding carboxylic acids is 1. The highest BCUT2D eigenvalue weighted by Crippen LogP contribution is 2.33. The van der Waals surface area contributed by atoms with Crippen LogP contribution in [-0.2, 0) is 0 Å². The van der Waals surface area contributed by atoms with Crippen molar-refractivity contribution in [3.8, 4) is 28.4 Å². The van der Waals surface area contributed by atoms with Crippen LogP contribution < -0.4 is 14.9 Å². The van der Waals surface area contributed by atoms with E-state index in [1.165, 1.54) is 6.42 Å². The zero-order valence-corrected chi connectivity index (χ0v) is 17.3. The monoisotopic (exact) mass is 406 g/mol. The highest BCUT2D eigenvalue weighted by Gasteiger charge is 2.22. The first-order chi connectivity index (χ1) is 14.7. The van der Waals surface area contributed by atoms with Gasteiger partial charge in [-0.25, -0.2) is 9.69 Å². The molecule has 1 aromatic heterocycles. The lowest BCUT2D eigenvalue weighted by Crippen LogP contribution is -2.45. The smallest absolute Gasteiger partial charge is 0.269 e. The fourth-order valence-electron chi connectivity index (χ4n) is 3.66. The second-order valence-corrected chi connectivity index (χ2v) is 7.23. The van der Waals surface area contributed by atoms with Gasteiger partial charge >= 0.3 is 0 Å². The van der Waals surface area contributed by atoms with Crippen LogP contribution in [0.5, 0.6) is 11.5 Å². The van der Waals surface area contributed by atoms with Crippen LogP contribution >= 0.6 is 0 Å². The van der Waals surface area contributed by atoms with Gasteiger partial charge in [-0.3, -0.25) is 10.2 Å². The van der Waals surface area contributed by atoms with Crippen molar-refractivity contribution < 1.29 is 14.3 Å². The van der Waals surface area contributed by atoms with E-state index in [9.17, 15) is 4.79 Å². The number of hydrazine groups is 1. The molecule has 7 nitrogen and oxygen atoms in total. The lowest BCUT2D eigenvalue weighted by molar-refractivity contribution is 0.0750. The quantitative estimate of drug-likeness (QED) is 0.676. The summed E-state index contributed by atoms with van der Waals surface area (Å²) in [6, 6.07) is 15.3. The van der Waals surface area contributed by atoms with Crippen molar-refractivity contribution in [3.05, 3.63) is 60.3 Å². The predicted molar refractivity (Wildman–Crippen MR) is 115 cm³/mol. The first-order valence-corrected chi connectivity index (χ1v) is 10.1. The van der Waals surface area contributed by atoms with E-state index >= 15 is 0 Å². The van der Waals surface area contributed by atoms with E-state index < -0.39 is 0 Å². The van der Waals surface area contributed by atoms with Crippen LogP contribution in [0.25, 0.3) is 16.9 Å². The zero-order chi connectivity index (χ0) is 20.9. The summed E-state index contributed by atoms with van der Waals surface area (Å²) in [6.45, 7) is 1.73. The van der Waals surface area contributed by atoms with E-state index in [2.05, 4.69) is 5.43 Å². The van der Waals surface area contributed by atoms with E-state index in [4.69, 9.17) is 14.6 Å². The van der Waals surface area contributed by atoms with Gasteiger partial charge in [0, 0.05) is 24.8 Å². The van der Waals surface area contributed by atoms with Gasteiger partial charge in [0.15, 0.2) is 11.5 Å². The fourth-order valence-corrected chi connectivity index (χ4v) is 3.66.